The molecule has 0 aliphatic heterocycles. The van der Waals surface area contributed by atoms with Gasteiger partial charge in [-0.05, 0) is 35.0 Å². The zero-order valence-electron chi connectivity index (χ0n) is 6.70. The molecule has 0 aliphatic rings. The van der Waals surface area contributed by atoms with Crippen molar-refractivity contribution in [3.8, 4) is 5.88 Å². The molecule has 66 valence electrons. The number of nitrogens with zero attached hydrogens (tertiary/aromatic N) is 1. The van der Waals surface area contributed by atoms with Gasteiger partial charge in [-0.3, -0.25) is 0 Å². The molecule has 0 amide bonds. The lowest BCUT2D eigenvalue weighted by molar-refractivity contribution is 0.124. The van der Waals surface area contributed by atoms with Gasteiger partial charge in [-0.15, -0.1) is 0 Å². The van der Waals surface area contributed by atoms with Crippen LogP contribution in [0.1, 0.15) is 6.92 Å². The predicted molar refractivity (Wildman–Crippen MR) is 49.1 cm³/mol. The molecule has 1 atom stereocenters. The van der Waals surface area contributed by atoms with Crippen LogP contribution < -0.4 is 4.74 Å². The topological polar surface area (TPSA) is 42.4 Å². The van der Waals surface area contributed by atoms with Crippen molar-refractivity contribution in [2.45, 2.75) is 13.0 Å². The number of halogens is 1. The maximum atomic E-state index is 8.72. The van der Waals surface area contributed by atoms with Crippen molar-refractivity contribution in [3.05, 3.63) is 22.8 Å². The van der Waals surface area contributed by atoms with E-state index < -0.39 is 0 Å². The number of hydrogen-bond acceptors (Lipinski definition) is 3. The van der Waals surface area contributed by atoms with Crippen molar-refractivity contribution < 1.29 is 9.84 Å². The van der Waals surface area contributed by atoms with Crippen molar-refractivity contribution in [2.24, 2.45) is 0 Å². The summed E-state index contributed by atoms with van der Waals surface area (Å²) in [5.41, 5.74) is 0. The van der Waals surface area contributed by atoms with Crippen molar-refractivity contribution in [2.75, 3.05) is 6.61 Å². The lowest BCUT2D eigenvalue weighted by Crippen LogP contribution is -2.17. The molecule has 0 radical (unpaired) electrons. The Hall–Kier alpha value is -0.610. The molecule has 1 aromatic rings. The van der Waals surface area contributed by atoms with Gasteiger partial charge in [-0.2, -0.15) is 0 Å². The van der Waals surface area contributed by atoms with E-state index in [4.69, 9.17) is 9.84 Å². The molecule has 0 bridgehead atoms. The van der Waals surface area contributed by atoms with Gasteiger partial charge < -0.3 is 9.84 Å². The van der Waals surface area contributed by atoms with Crippen LogP contribution >= 0.6 is 15.9 Å². The molecular formula is C8H10BrNO2. The quantitative estimate of drug-likeness (QED) is 0.860. The Morgan fingerprint density at radius 2 is 2.50 bits per heavy atom. The van der Waals surface area contributed by atoms with Crippen LogP contribution in [-0.2, 0) is 0 Å². The molecule has 1 N–H and O–H groups in total. The van der Waals surface area contributed by atoms with E-state index in [1.807, 2.05) is 6.07 Å². The molecule has 1 heterocycles. The first-order chi connectivity index (χ1) is 5.74. The summed E-state index contributed by atoms with van der Waals surface area (Å²) < 4.78 is 6.08. The lowest BCUT2D eigenvalue weighted by Gasteiger charge is -2.11. The first-order valence-corrected chi connectivity index (χ1v) is 4.41. The van der Waals surface area contributed by atoms with Gasteiger partial charge in [-0.1, -0.05) is 0 Å². The van der Waals surface area contributed by atoms with Crippen LogP contribution in [0, 0.1) is 0 Å². The smallest absolute Gasteiger partial charge is 0.228 e. The summed E-state index contributed by atoms with van der Waals surface area (Å²) in [6.07, 6.45) is 1.42. The van der Waals surface area contributed by atoms with Gasteiger partial charge in [0.15, 0.2) is 0 Å². The van der Waals surface area contributed by atoms with E-state index in [0.29, 0.717) is 5.88 Å². The molecule has 1 aromatic heterocycles. The molecule has 4 heteroatoms. The molecule has 3 nitrogen and oxygen atoms in total. The molecule has 0 aromatic carbocycles. The Morgan fingerprint density at radius 1 is 1.75 bits per heavy atom. The third-order valence-electron chi connectivity index (χ3n) is 1.29. The van der Waals surface area contributed by atoms with Crippen LogP contribution in [0.2, 0.25) is 0 Å². The molecule has 1 rings (SSSR count). The molecule has 12 heavy (non-hydrogen) atoms. The second-order valence-electron chi connectivity index (χ2n) is 2.40. The number of aliphatic hydroxyl groups is 1. The fourth-order valence-corrected chi connectivity index (χ4v) is 1.03. The van der Waals surface area contributed by atoms with Crippen LogP contribution in [0.15, 0.2) is 22.8 Å². The summed E-state index contributed by atoms with van der Waals surface area (Å²) in [7, 11) is 0. The van der Waals surface area contributed by atoms with Gasteiger partial charge in [0.25, 0.3) is 0 Å². The van der Waals surface area contributed by atoms with Gasteiger partial charge >= 0.3 is 0 Å². The fourth-order valence-electron chi connectivity index (χ4n) is 0.686. The molecule has 0 fully saturated rings. The highest BCUT2D eigenvalue weighted by molar-refractivity contribution is 9.10. The zero-order valence-corrected chi connectivity index (χ0v) is 8.28. The second kappa shape index (κ2) is 4.42. The van der Waals surface area contributed by atoms with Crippen molar-refractivity contribution >= 4 is 15.9 Å². The fraction of sp³-hybridized carbons (Fsp3) is 0.375. The highest BCUT2D eigenvalue weighted by Crippen LogP contribution is 2.21. The summed E-state index contributed by atoms with van der Waals surface area (Å²) >= 11 is 3.28. The van der Waals surface area contributed by atoms with Gasteiger partial charge in [0.1, 0.15) is 6.10 Å². The molecule has 0 unspecified atom stereocenters. The first-order valence-electron chi connectivity index (χ1n) is 3.62. The monoisotopic (exact) mass is 231 g/mol. The van der Waals surface area contributed by atoms with Crippen molar-refractivity contribution in [1.29, 1.82) is 0 Å². The maximum absolute atomic E-state index is 8.72. The number of ether oxygens (including phenoxy) is 1. The van der Waals surface area contributed by atoms with Crippen molar-refractivity contribution in [3.63, 3.8) is 0 Å². The summed E-state index contributed by atoms with van der Waals surface area (Å²) in [5.74, 6) is 0.513. The minimum Gasteiger partial charge on any atom is -0.471 e. The average molecular weight is 232 g/mol. The third kappa shape index (κ3) is 2.46. The molecule has 0 aliphatic carbocycles. The van der Waals surface area contributed by atoms with Gasteiger partial charge in [0, 0.05) is 6.20 Å². The van der Waals surface area contributed by atoms with Crippen LogP contribution in [0.4, 0.5) is 0 Å². The molecule has 0 spiro atoms. The number of aromatic nitrogens is 1. The summed E-state index contributed by atoms with van der Waals surface area (Å²) in [6, 6.07) is 3.65. The minimum atomic E-state index is -0.226. The summed E-state index contributed by atoms with van der Waals surface area (Å²) in [4.78, 5) is 3.99. The van der Waals surface area contributed by atoms with Crippen molar-refractivity contribution in [1.82, 2.24) is 4.98 Å². The Balaban J connectivity index is 2.69. The Morgan fingerprint density at radius 3 is 3.08 bits per heavy atom. The standard InChI is InChI=1S/C8H10BrNO2/c1-6(5-11)12-8-7(9)3-2-4-10-8/h2-4,6,11H,5H2,1H3/t6-/m1/s1. The van der Waals surface area contributed by atoms with E-state index in [0.717, 1.165) is 4.47 Å². The van der Waals surface area contributed by atoms with Crippen LogP contribution in [0.3, 0.4) is 0 Å². The molecular weight excluding hydrogens is 222 g/mol. The number of rotatable bonds is 3. The Labute approximate surface area is 79.5 Å². The second-order valence-corrected chi connectivity index (χ2v) is 3.26. The minimum absolute atomic E-state index is 0.0109. The van der Waals surface area contributed by atoms with E-state index >= 15 is 0 Å². The molecule has 0 saturated heterocycles. The van der Waals surface area contributed by atoms with E-state index in [1.165, 1.54) is 0 Å². The summed E-state index contributed by atoms with van der Waals surface area (Å²) in [6.45, 7) is 1.77. The highest BCUT2D eigenvalue weighted by atomic mass is 79.9. The van der Waals surface area contributed by atoms with Gasteiger partial charge in [0.2, 0.25) is 5.88 Å². The first kappa shape index (κ1) is 9.48. The number of pyridine rings is 1. The van der Waals surface area contributed by atoms with Gasteiger partial charge in [-0.25, -0.2) is 4.98 Å². The molecule has 0 saturated carbocycles. The van der Waals surface area contributed by atoms with Gasteiger partial charge in [0.05, 0.1) is 11.1 Å². The van der Waals surface area contributed by atoms with Crippen LogP contribution in [0.25, 0.3) is 0 Å². The average Bonchev–Trinajstić information content (AvgIpc) is 2.09. The predicted octanol–water partition coefficient (Wildman–Crippen LogP) is 1.60. The van der Waals surface area contributed by atoms with Crippen LogP contribution in [0.5, 0.6) is 5.88 Å². The maximum Gasteiger partial charge on any atom is 0.228 e. The Kier molecular flexibility index (Phi) is 3.49. The SMILES string of the molecule is C[C@H](CO)Oc1ncccc1Br. The zero-order chi connectivity index (χ0) is 8.97. The van der Waals surface area contributed by atoms with E-state index in [9.17, 15) is 0 Å². The van der Waals surface area contributed by atoms with Crippen LogP contribution in [-0.4, -0.2) is 22.8 Å². The third-order valence-corrected chi connectivity index (χ3v) is 1.90. The lowest BCUT2D eigenvalue weighted by atomic mass is 10.4. The van der Waals surface area contributed by atoms with E-state index in [-0.39, 0.29) is 12.7 Å². The Bertz CT molecular complexity index is 255. The number of aliphatic hydroxyl groups excluding tert-OH is 1. The normalized spacial score (nSPS) is 12.6. The summed E-state index contributed by atoms with van der Waals surface area (Å²) in [5, 5.41) is 8.72. The van der Waals surface area contributed by atoms with E-state index in [2.05, 4.69) is 20.9 Å². The largest absolute Gasteiger partial charge is 0.471 e. The number of hydrogen-bond donors (Lipinski definition) is 1. The highest BCUT2D eigenvalue weighted by Gasteiger charge is 2.05. The van der Waals surface area contributed by atoms with E-state index in [1.54, 1.807) is 19.2 Å².